The van der Waals surface area contributed by atoms with Crippen LogP contribution in [0.2, 0.25) is 0 Å². The van der Waals surface area contributed by atoms with E-state index in [2.05, 4.69) is 15.6 Å². The quantitative estimate of drug-likeness (QED) is 0.187. The van der Waals surface area contributed by atoms with Crippen molar-refractivity contribution in [2.24, 2.45) is 16.5 Å². The minimum Gasteiger partial charge on any atom is -0.375 e. The Balaban J connectivity index is 0.000000718. The Morgan fingerprint density at radius 3 is 2.53 bits per heavy atom. The van der Waals surface area contributed by atoms with Crippen molar-refractivity contribution in [1.82, 2.24) is 15.5 Å². The van der Waals surface area contributed by atoms with Crippen molar-refractivity contribution in [3.05, 3.63) is 35.9 Å². The van der Waals surface area contributed by atoms with Crippen LogP contribution in [0.3, 0.4) is 0 Å². The molecule has 0 spiro atoms. The number of benzene rings is 1. The Kier molecular flexibility index (Phi) is 13.6. The summed E-state index contributed by atoms with van der Waals surface area (Å²) < 4.78 is 4.83. The predicted octanol–water partition coefficient (Wildman–Crippen LogP) is -0.664. The molecule has 1 aliphatic rings. The van der Waals surface area contributed by atoms with Crippen LogP contribution in [0.25, 0.3) is 0 Å². The van der Waals surface area contributed by atoms with Gasteiger partial charge in [-0.15, -0.1) is 0 Å². The number of aldehydes is 1. The van der Waals surface area contributed by atoms with Crippen LogP contribution in [-0.2, 0) is 30.3 Å². The number of carbonyl (C=O) groups is 4. The number of amides is 3. The van der Waals surface area contributed by atoms with Crippen LogP contribution in [0, 0.1) is 0 Å². The third kappa shape index (κ3) is 10.4. The Morgan fingerprint density at radius 1 is 1.26 bits per heavy atom. The van der Waals surface area contributed by atoms with Crippen molar-refractivity contribution in [3.8, 4) is 0 Å². The smallest absolute Gasteiger partial charge is 0.246 e. The Hall–Kier alpha value is -3.47. The van der Waals surface area contributed by atoms with Gasteiger partial charge >= 0.3 is 0 Å². The molecule has 0 aromatic heterocycles. The fraction of sp³-hybridized carbons (Fsp3) is 0.522. The number of likely N-dealkylation sites (tertiary alicyclic amines) is 1. The van der Waals surface area contributed by atoms with E-state index in [-0.39, 0.29) is 30.9 Å². The second-order valence-electron chi connectivity index (χ2n) is 7.65. The maximum Gasteiger partial charge on any atom is 0.246 e. The molecule has 0 bridgehead atoms. The highest BCUT2D eigenvalue weighted by molar-refractivity contribution is 5.93. The second-order valence-corrected chi connectivity index (χ2v) is 7.65. The van der Waals surface area contributed by atoms with Gasteiger partial charge in [-0.2, -0.15) is 0 Å². The number of ether oxygens (including phenoxy) is 1. The van der Waals surface area contributed by atoms with Gasteiger partial charge in [0, 0.05) is 26.6 Å². The van der Waals surface area contributed by atoms with Crippen molar-refractivity contribution in [1.29, 1.82) is 0 Å². The highest BCUT2D eigenvalue weighted by Crippen LogP contribution is 2.19. The highest BCUT2D eigenvalue weighted by atomic mass is 16.5. The first-order chi connectivity index (χ1) is 16.3. The highest BCUT2D eigenvalue weighted by Gasteiger charge is 2.37. The zero-order chi connectivity index (χ0) is 25.3. The number of guanidine groups is 1. The molecule has 1 heterocycles. The number of nitrogens with zero attached hydrogens (tertiary/aromatic N) is 2. The van der Waals surface area contributed by atoms with Gasteiger partial charge in [-0.3, -0.25) is 19.4 Å². The van der Waals surface area contributed by atoms with Crippen molar-refractivity contribution >= 4 is 30.0 Å². The number of rotatable bonds is 11. The molecule has 2 rings (SSSR count). The minimum atomic E-state index is -0.797. The number of aliphatic imine (C=N–C) groups is 1. The molecule has 34 heavy (non-hydrogen) atoms. The summed E-state index contributed by atoms with van der Waals surface area (Å²) in [5.74, 6) is -0.878. The molecular formula is C23H36N6O5. The second kappa shape index (κ2) is 16.2. The van der Waals surface area contributed by atoms with Gasteiger partial charge in [-0.1, -0.05) is 37.3 Å². The van der Waals surface area contributed by atoms with Gasteiger partial charge in [0.25, 0.3) is 0 Å². The van der Waals surface area contributed by atoms with Crippen molar-refractivity contribution < 1.29 is 23.9 Å². The molecule has 6 N–H and O–H groups in total. The van der Waals surface area contributed by atoms with Gasteiger partial charge in [0.15, 0.2) is 5.96 Å². The van der Waals surface area contributed by atoms with Gasteiger partial charge in [-0.25, -0.2) is 0 Å². The summed E-state index contributed by atoms with van der Waals surface area (Å²) >= 11 is 0. The van der Waals surface area contributed by atoms with Crippen LogP contribution in [0.5, 0.6) is 0 Å². The van der Waals surface area contributed by atoms with Crippen molar-refractivity contribution in [2.45, 2.75) is 44.7 Å². The van der Waals surface area contributed by atoms with Crippen LogP contribution in [0.4, 0.5) is 0 Å². The van der Waals surface area contributed by atoms with Gasteiger partial charge in [0.2, 0.25) is 17.7 Å². The van der Waals surface area contributed by atoms with E-state index in [1.54, 1.807) is 0 Å². The summed E-state index contributed by atoms with van der Waals surface area (Å²) in [6.45, 7) is 2.95. The number of hydrogen-bond donors (Lipinski definition) is 4. The summed E-state index contributed by atoms with van der Waals surface area (Å²) in [7, 11) is 1.40. The number of hydrogen-bond acceptors (Lipinski definition) is 6. The van der Waals surface area contributed by atoms with E-state index in [9.17, 15) is 19.2 Å². The molecule has 0 saturated carbocycles. The topological polar surface area (TPSA) is 169 Å². The average Bonchev–Trinajstić information content (AvgIpc) is 3.31. The molecular weight excluding hydrogens is 440 g/mol. The monoisotopic (exact) mass is 476 g/mol. The number of methoxy groups -OCH3 is 1. The molecule has 1 saturated heterocycles. The van der Waals surface area contributed by atoms with E-state index < -0.39 is 18.0 Å². The first-order valence-electron chi connectivity index (χ1n) is 11.2. The number of carbonyl (C=O) groups excluding carboxylic acids is 4. The maximum atomic E-state index is 13.1. The molecule has 3 amide bonds. The molecule has 2 atom stereocenters. The minimum absolute atomic E-state index is 0.0879. The molecule has 188 valence electrons. The van der Waals surface area contributed by atoms with E-state index in [1.807, 2.05) is 37.3 Å². The fourth-order valence-corrected chi connectivity index (χ4v) is 3.42. The molecule has 11 heteroatoms. The third-order valence-corrected chi connectivity index (χ3v) is 4.91. The standard InChI is InChI=1S/C19H25N3O5.C4H11N3/c1-27-13-17(24)21-15(12-14-6-3-2-4-7-14)19(26)22-10-5-8-16(22)18(25)20-9-11-23;1-2-3-7-4(5)6/h2-4,6-7,11,15-16H,5,8-10,12-13H2,1H3,(H,20,25)(H,21,24);2-3H2,1H3,(H4,5,6,7)/t15-,16+;/m1./s1. The summed E-state index contributed by atoms with van der Waals surface area (Å²) in [5.41, 5.74) is 10.9. The zero-order valence-electron chi connectivity index (χ0n) is 19.9. The summed E-state index contributed by atoms with van der Waals surface area (Å²) in [4.78, 5) is 53.0. The molecule has 0 radical (unpaired) electrons. The van der Waals surface area contributed by atoms with Gasteiger partial charge < -0.3 is 36.5 Å². The number of nitrogens with two attached hydrogens (primary N) is 2. The molecule has 1 aliphatic heterocycles. The fourth-order valence-electron chi connectivity index (χ4n) is 3.42. The van der Waals surface area contributed by atoms with Crippen LogP contribution in [0.1, 0.15) is 31.7 Å². The molecule has 11 nitrogen and oxygen atoms in total. The zero-order valence-corrected chi connectivity index (χ0v) is 19.9. The molecule has 1 fully saturated rings. The lowest BCUT2D eigenvalue weighted by Crippen LogP contribution is -2.54. The molecule has 0 aliphatic carbocycles. The molecule has 1 aromatic carbocycles. The van der Waals surface area contributed by atoms with Gasteiger partial charge in [0.1, 0.15) is 25.0 Å². The number of nitrogens with one attached hydrogen (secondary N) is 2. The summed E-state index contributed by atoms with van der Waals surface area (Å²) in [6.07, 6.45) is 3.13. The first-order valence-corrected chi connectivity index (χ1v) is 11.2. The van der Waals surface area contributed by atoms with Crippen molar-refractivity contribution in [2.75, 3.05) is 33.4 Å². The van der Waals surface area contributed by atoms with E-state index in [0.717, 1.165) is 18.5 Å². The Labute approximate surface area is 200 Å². The van der Waals surface area contributed by atoms with Crippen LogP contribution in [-0.4, -0.2) is 80.3 Å². The average molecular weight is 477 g/mol. The van der Waals surface area contributed by atoms with Crippen LogP contribution in [0.15, 0.2) is 35.3 Å². The van der Waals surface area contributed by atoms with Crippen LogP contribution >= 0.6 is 0 Å². The summed E-state index contributed by atoms with van der Waals surface area (Å²) in [6, 6.07) is 7.92. The summed E-state index contributed by atoms with van der Waals surface area (Å²) in [5, 5.41) is 5.20. The SMILES string of the molecule is CCCN=C(N)N.COCC(=O)N[C@H](Cc1ccccc1)C(=O)N1CCC[C@H]1C(=O)NCC=O. The lowest BCUT2D eigenvalue weighted by Gasteiger charge is -2.28. The maximum absolute atomic E-state index is 13.1. The normalized spacial score (nSPS) is 15.4. The van der Waals surface area contributed by atoms with E-state index in [0.29, 0.717) is 32.1 Å². The molecule has 1 aromatic rings. The third-order valence-electron chi connectivity index (χ3n) is 4.91. The van der Waals surface area contributed by atoms with Crippen molar-refractivity contribution in [3.63, 3.8) is 0 Å². The molecule has 0 unspecified atom stereocenters. The predicted molar refractivity (Wildman–Crippen MR) is 129 cm³/mol. The Bertz CT molecular complexity index is 813. The van der Waals surface area contributed by atoms with E-state index in [4.69, 9.17) is 16.2 Å². The van der Waals surface area contributed by atoms with Gasteiger partial charge in [-0.05, 0) is 24.8 Å². The van der Waals surface area contributed by atoms with E-state index >= 15 is 0 Å². The van der Waals surface area contributed by atoms with E-state index in [1.165, 1.54) is 12.0 Å². The first kappa shape index (κ1) is 28.6. The Morgan fingerprint density at radius 2 is 1.97 bits per heavy atom. The van der Waals surface area contributed by atoms with Gasteiger partial charge in [0.05, 0.1) is 6.54 Å². The lowest BCUT2D eigenvalue weighted by molar-refractivity contribution is -0.141. The van der Waals surface area contributed by atoms with Crippen LogP contribution < -0.4 is 22.1 Å². The lowest BCUT2D eigenvalue weighted by atomic mass is 10.0. The largest absolute Gasteiger partial charge is 0.375 e.